The van der Waals surface area contributed by atoms with Gasteiger partial charge in [0.05, 0.1) is 6.61 Å². The molecule has 0 amide bonds. The van der Waals surface area contributed by atoms with Crippen LogP contribution >= 0.6 is 11.6 Å². The molecule has 2 N–H and O–H groups in total. The second-order valence-corrected chi connectivity index (χ2v) is 4.72. The topological polar surface area (TPSA) is 35.2 Å². The average Bonchev–Trinajstić information content (AvgIpc) is 2.20. The first kappa shape index (κ1) is 13.3. The third kappa shape index (κ3) is 4.03. The Kier molecular flexibility index (Phi) is 5.10. The molecule has 1 atom stereocenters. The van der Waals surface area contributed by atoms with Crippen LogP contribution in [0, 0.1) is 13.8 Å². The summed E-state index contributed by atoms with van der Waals surface area (Å²) in [6, 6.07) is 4.19. The van der Waals surface area contributed by atoms with Crippen molar-refractivity contribution in [2.75, 3.05) is 6.61 Å². The molecule has 1 aromatic rings. The van der Waals surface area contributed by atoms with Gasteiger partial charge in [0, 0.05) is 11.1 Å². The second kappa shape index (κ2) is 6.12. The molecular weight excluding hydrogens is 222 g/mol. The normalized spacial score (nSPS) is 12.6. The Hall–Kier alpha value is -0.730. The van der Waals surface area contributed by atoms with Crippen LogP contribution in [0.3, 0.4) is 0 Å². The predicted molar refractivity (Wildman–Crippen MR) is 69.3 cm³/mol. The molecule has 0 radical (unpaired) electrons. The predicted octanol–water partition coefficient (Wildman–Crippen LogP) is 3.46. The zero-order valence-corrected chi connectivity index (χ0v) is 11.0. The Morgan fingerprint density at radius 3 is 2.38 bits per heavy atom. The van der Waals surface area contributed by atoms with Crippen LogP contribution in [0.5, 0.6) is 5.75 Å². The first-order valence-corrected chi connectivity index (χ1v) is 6.03. The lowest BCUT2D eigenvalue weighted by Crippen LogP contribution is -2.15. The van der Waals surface area contributed by atoms with Crippen molar-refractivity contribution in [1.29, 1.82) is 0 Å². The van der Waals surface area contributed by atoms with Crippen LogP contribution in [0.2, 0.25) is 5.02 Å². The van der Waals surface area contributed by atoms with E-state index in [0.717, 1.165) is 34.7 Å². The number of benzene rings is 1. The van der Waals surface area contributed by atoms with Gasteiger partial charge in [-0.25, -0.2) is 0 Å². The van der Waals surface area contributed by atoms with Crippen LogP contribution in [-0.4, -0.2) is 12.6 Å². The average molecular weight is 242 g/mol. The third-order valence-electron chi connectivity index (χ3n) is 2.48. The van der Waals surface area contributed by atoms with Crippen molar-refractivity contribution in [2.24, 2.45) is 5.73 Å². The van der Waals surface area contributed by atoms with Crippen molar-refractivity contribution in [3.05, 3.63) is 28.3 Å². The summed E-state index contributed by atoms with van der Waals surface area (Å²) in [5.41, 5.74) is 7.79. The van der Waals surface area contributed by atoms with E-state index >= 15 is 0 Å². The van der Waals surface area contributed by atoms with E-state index in [-0.39, 0.29) is 6.04 Å². The van der Waals surface area contributed by atoms with Gasteiger partial charge in [0.15, 0.2) is 0 Å². The molecule has 0 saturated heterocycles. The monoisotopic (exact) mass is 241 g/mol. The van der Waals surface area contributed by atoms with Crippen molar-refractivity contribution >= 4 is 11.6 Å². The number of nitrogens with two attached hydrogens (primary N) is 1. The minimum atomic E-state index is 0.247. The van der Waals surface area contributed by atoms with Crippen LogP contribution in [0.15, 0.2) is 12.1 Å². The fraction of sp³-hybridized carbons (Fsp3) is 0.538. The Bertz CT molecular complexity index is 327. The SMILES string of the molecule is Cc1cc(OCCCC(C)N)cc(C)c1Cl. The number of aryl methyl sites for hydroxylation is 2. The summed E-state index contributed by atoms with van der Waals surface area (Å²) >= 11 is 6.08. The lowest BCUT2D eigenvalue weighted by Gasteiger charge is -2.10. The Balaban J connectivity index is 2.49. The van der Waals surface area contributed by atoms with Gasteiger partial charge in [0.1, 0.15) is 5.75 Å². The highest BCUT2D eigenvalue weighted by atomic mass is 35.5. The number of rotatable bonds is 5. The Morgan fingerprint density at radius 2 is 1.88 bits per heavy atom. The largest absolute Gasteiger partial charge is 0.494 e. The van der Waals surface area contributed by atoms with Gasteiger partial charge < -0.3 is 10.5 Å². The van der Waals surface area contributed by atoms with Crippen LogP contribution in [0.4, 0.5) is 0 Å². The molecule has 16 heavy (non-hydrogen) atoms. The third-order valence-corrected chi connectivity index (χ3v) is 3.08. The first-order chi connectivity index (χ1) is 7.50. The van der Waals surface area contributed by atoms with Crippen LogP contribution in [0.1, 0.15) is 30.9 Å². The van der Waals surface area contributed by atoms with Gasteiger partial charge in [-0.15, -0.1) is 0 Å². The fourth-order valence-corrected chi connectivity index (χ4v) is 1.69. The van der Waals surface area contributed by atoms with Gasteiger partial charge in [-0.2, -0.15) is 0 Å². The smallest absolute Gasteiger partial charge is 0.119 e. The second-order valence-electron chi connectivity index (χ2n) is 4.34. The summed E-state index contributed by atoms with van der Waals surface area (Å²) < 4.78 is 5.66. The molecule has 0 aliphatic carbocycles. The molecule has 0 spiro atoms. The Morgan fingerprint density at radius 1 is 1.31 bits per heavy atom. The Labute approximate surface area is 103 Å². The van der Waals surface area contributed by atoms with Gasteiger partial charge in [0.2, 0.25) is 0 Å². The zero-order valence-electron chi connectivity index (χ0n) is 10.2. The van der Waals surface area contributed by atoms with Crippen molar-refractivity contribution in [3.8, 4) is 5.75 Å². The molecule has 0 heterocycles. The highest BCUT2D eigenvalue weighted by Gasteiger charge is 2.03. The molecule has 1 rings (SSSR count). The number of halogens is 1. The summed E-state index contributed by atoms with van der Waals surface area (Å²) in [6.45, 7) is 6.70. The minimum Gasteiger partial charge on any atom is -0.494 e. The molecule has 3 heteroatoms. The van der Waals surface area contributed by atoms with Crippen LogP contribution in [0.25, 0.3) is 0 Å². The van der Waals surface area contributed by atoms with E-state index in [9.17, 15) is 0 Å². The van der Waals surface area contributed by atoms with E-state index in [2.05, 4.69) is 0 Å². The van der Waals surface area contributed by atoms with Crippen LogP contribution in [-0.2, 0) is 0 Å². The van der Waals surface area contributed by atoms with E-state index < -0.39 is 0 Å². The van der Waals surface area contributed by atoms with Crippen molar-refractivity contribution in [3.63, 3.8) is 0 Å². The number of ether oxygens (including phenoxy) is 1. The molecule has 0 bridgehead atoms. The lowest BCUT2D eigenvalue weighted by molar-refractivity contribution is 0.302. The van der Waals surface area contributed by atoms with E-state index in [1.807, 2.05) is 32.9 Å². The maximum absolute atomic E-state index is 6.08. The van der Waals surface area contributed by atoms with Crippen molar-refractivity contribution in [2.45, 2.75) is 39.7 Å². The number of hydrogen-bond acceptors (Lipinski definition) is 2. The number of hydrogen-bond donors (Lipinski definition) is 1. The molecule has 90 valence electrons. The molecule has 0 aliphatic rings. The highest BCUT2D eigenvalue weighted by molar-refractivity contribution is 6.32. The molecule has 1 aromatic carbocycles. The molecule has 0 aliphatic heterocycles. The van der Waals surface area contributed by atoms with Gasteiger partial charge in [-0.05, 0) is 56.9 Å². The fourth-order valence-electron chi connectivity index (χ4n) is 1.58. The van der Waals surface area contributed by atoms with Gasteiger partial charge in [0.25, 0.3) is 0 Å². The van der Waals surface area contributed by atoms with E-state index in [0.29, 0.717) is 6.61 Å². The minimum absolute atomic E-state index is 0.247. The maximum Gasteiger partial charge on any atom is 0.119 e. The summed E-state index contributed by atoms with van der Waals surface area (Å²) in [7, 11) is 0. The molecule has 0 fully saturated rings. The summed E-state index contributed by atoms with van der Waals surface area (Å²) in [6.07, 6.45) is 1.98. The first-order valence-electron chi connectivity index (χ1n) is 5.66. The van der Waals surface area contributed by atoms with Crippen molar-refractivity contribution in [1.82, 2.24) is 0 Å². The van der Waals surface area contributed by atoms with Crippen LogP contribution < -0.4 is 10.5 Å². The summed E-state index contributed by atoms with van der Waals surface area (Å²) in [4.78, 5) is 0. The zero-order chi connectivity index (χ0) is 12.1. The van der Waals surface area contributed by atoms with E-state index in [1.165, 1.54) is 0 Å². The molecule has 2 nitrogen and oxygen atoms in total. The molecule has 0 aromatic heterocycles. The van der Waals surface area contributed by atoms with E-state index in [4.69, 9.17) is 22.1 Å². The van der Waals surface area contributed by atoms with Crippen molar-refractivity contribution < 1.29 is 4.74 Å². The lowest BCUT2D eigenvalue weighted by atomic mass is 10.1. The summed E-state index contributed by atoms with van der Waals surface area (Å²) in [5, 5.41) is 0.822. The molecule has 0 saturated carbocycles. The molecular formula is C13H20ClNO. The highest BCUT2D eigenvalue weighted by Crippen LogP contribution is 2.25. The standard InChI is InChI=1S/C13H20ClNO/c1-9-7-12(8-10(2)13(9)14)16-6-4-5-11(3)15/h7-8,11H,4-6,15H2,1-3H3. The quantitative estimate of drug-likeness (QED) is 0.802. The summed E-state index contributed by atoms with van der Waals surface area (Å²) in [5.74, 6) is 0.893. The van der Waals surface area contributed by atoms with Gasteiger partial charge >= 0.3 is 0 Å². The maximum atomic E-state index is 6.08. The van der Waals surface area contributed by atoms with E-state index in [1.54, 1.807) is 0 Å². The van der Waals surface area contributed by atoms with Gasteiger partial charge in [-0.3, -0.25) is 0 Å². The van der Waals surface area contributed by atoms with Gasteiger partial charge in [-0.1, -0.05) is 11.6 Å². The molecule has 1 unspecified atom stereocenters.